The Bertz CT molecular complexity index is 415. The van der Waals surface area contributed by atoms with E-state index in [1.54, 1.807) is 19.2 Å². The van der Waals surface area contributed by atoms with Crippen LogP contribution in [0.2, 0.25) is 0 Å². The Morgan fingerprint density at radius 3 is 2.72 bits per heavy atom. The zero-order valence-corrected chi connectivity index (χ0v) is 10.1. The highest BCUT2D eigenvalue weighted by Gasteiger charge is 2.17. The van der Waals surface area contributed by atoms with E-state index in [2.05, 4.69) is 0 Å². The summed E-state index contributed by atoms with van der Waals surface area (Å²) in [7, 11) is 1.62. The maximum absolute atomic E-state index is 12.2. The molecule has 0 radical (unpaired) electrons. The molecule has 6 heteroatoms. The van der Waals surface area contributed by atoms with Crippen molar-refractivity contribution in [2.45, 2.75) is 12.5 Å². The van der Waals surface area contributed by atoms with Crippen LogP contribution in [0.4, 0.5) is 8.78 Å². The second kappa shape index (κ2) is 5.49. The molecule has 1 aliphatic heterocycles. The Balaban J connectivity index is 1.98. The van der Waals surface area contributed by atoms with Crippen LogP contribution in [0.1, 0.15) is 11.6 Å². The van der Waals surface area contributed by atoms with Gasteiger partial charge in [-0.15, -0.1) is 0 Å². The quantitative estimate of drug-likeness (QED) is 0.871. The molecule has 0 saturated heterocycles. The zero-order chi connectivity index (χ0) is 13.1. The summed E-state index contributed by atoms with van der Waals surface area (Å²) in [4.78, 5) is 1.51. The van der Waals surface area contributed by atoms with E-state index in [0.717, 1.165) is 5.56 Å². The average Bonchev–Trinajstić information content (AvgIpc) is 2.74. The van der Waals surface area contributed by atoms with Crippen molar-refractivity contribution in [2.75, 3.05) is 26.9 Å². The van der Waals surface area contributed by atoms with E-state index in [1.807, 2.05) is 6.07 Å². The van der Waals surface area contributed by atoms with Crippen LogP contribution >= 0.6 is 0 Å². The lowest BCUT2D eigenvalue weighted by Gasteiger charge is -2.21. The number of nitrogens with zero attached hydrogens (tertiary/aromatic N) is 1. The summed E-state index contributed by atoms with van der Waals surface area (Å²) in [6.07, 6.45) is -2.35. The highest BCUT2D eigenvalue weighted by Crippen LogP contribution is 2.33. The second-order valence-electron chi connectivity index (χ2n) is 4.33. The van der Waals surface area contributed by atoms with Gasteiger partial charge in [0.05, 0.1) is 6.54 Å². The highest BCUT2D eigenvalue weighted by atomic mass is 19.3. The fourth-order valence-corrected chi connectivity index (χ4v) is 1.90. The van der Waals surface area contributed by atoms with Crippen molar-refractivity contribution in [1.29, 1.82) is 0 Å². The fourth-order valence-electron chi connectivity index (χ4n) is 1.90. The van der Waals surface area contributed by atoms with Crippen molar-refractivity contribution in [2.24, 2.45) is 5.73 Å². The van der Waals surface area contributed by atoms with E-state index in [0.29, 0.717) is 18.0 Å². The monoisotopic (exact) mass is 258 g/mol. The maximum atomic E-state index is 12.2. The summed E-state index contributed by atoms with van der Waals surface area (Å²) in [6, 6.07) is 5.07. The van der Waals surface area contributed by atoms with Crippen LogP contribution < -0.4 is 15.2 Å². The van der Waals surface area contributed by atoms with Gasteiger partial charge in [0, 0.05) is 12.6 Å². The van der Waals surface area contributed by atoms with Crippen molar-refractivity contribution in [3.8, 4) is 11.5 Å². The van der Waals surface area contributed by atoms with Crippen LogP contribution in [-0.2, 0) is 0 Å². The number of hydrogen-bond acceptors (Lipinski definition) is 4. The predicted octanol–water partition coefficient (Wildman–Crippen LogP) is 1.61. The number of alkyl halides is 2. The number of ether oxygens (including phenoxy) is 2. The molecule has 2 N–H and O–H groups in total. The van der Waals surface area contributed by atoms with Gasteiger partial charge in [-0.3, -0.25) is 4.90 Å². The Morgan fingerprint density at radius 1 is 1.28 bits per heavy atom. The molecule has 0 saturated carbocycles. The molecule has 1 aromatic rings. The van der Waals surface area contributed by atoms with Crippen molar-refractivity contribution in [3.05, 3.63) is 23.8 Å². The molecule has 0 spiro atoms. The number of fused-ring (bicyclic) bond motifs is 1. The molecule has 2 rings (SSSR count). The summed E-state index contributed by atoms with van der Waals surface area (Å²) in [5.74, 6) is 1.34. The molecule has 1 atom stereocenters. The van der Waals surface area contributed by atoms with Gasteiger partial charge < -0.3 is 15.2 Å². The molecule has 1 aliphatic rings. The fraction of sp³-hybridized carbons (Fsp3) is 0.500. The first-order valence-corrected chi connectivity index (χ1v) is 5.68. The number of hydrogen-bond donors (Lipinski definition) is 1. The Labute approximate surface area is 104 Å². The molecule has 100 valence electrons. The normalized spacial score (nSPS) is 15.4. The smallest absolute Gasteiger partial charge is 0.251 e. The molecular formula is C12H16F2N2O2. The van der Waals surface area contributed by atoms with Gasteiger partial charge in [0.15, 0.2) is 11.5 Å². The van der Waals surface area contributed by atoms with Crippen LogP contribution in [0.5, 0.6) is 11.5 Å². The van der Waals surface area contributed by atoms with Gasteiger partial charge in [0.25, 0.3) is 6.43 Å². The first kappa shape index (κ1) is 13.0. The summed E-state index contributed by atoms with van der Waals surface area (Å²) in [5, 5.41) is 0. The van der Waals surface area contributed by atoms with E-state index in [-0.39, 0.29) is 19.4 Å². The lowest BCUT2D eigenvalue weighted by atomic mass is 10.1. The first-order chi connectivity index (χ1) is 8.56. The predicted molar refractivity (Wildman–Crippen MR) is 63.0 cm³/mol. The number of benzene rings is 1. The minimum absolute atomic E-state index is 0.208. The van der Waals surface area contributed by atoms with Gasteiger partial charge in [0.1, 0.15) is 0 Å². The number of likely N-dealkylation sites (N-methyl/N-ethyl adjacent to an activating group) is 1. The van der Waals surface area contributed by atoms with Crippen LogP contribution in [-0.4, -0.2) is 38.3 Å². The zero-order valence-electron chi connectivity index (χ0n) is 10.1. The third-order valence-electron chi connectivity index (χ3n) is 2.78. The van der Waals surface area contributed by atoms with E-state index in [9.17, 15) is 8.78 Å². The van der Waals surface area contributed by atoms with Crippen molar-refractivity contribution in [1.82, 2.24) is 4.90 Å². The van der Waals surface area contributed by atoms with Gasteiger partial charge in [0.2, 0.25) is 6.79 Å². The molecule has 0 fully saturated rings. The summed E-state index contributed by atoms with van der Waals surface area (Å²) < 4.78 is 34.8. The molecule has 0 aromatic heterocycles. The van der Waals surface area contributed by atoms with Crippen LogP contribution in [0.25, 0.3) is 0 Å². The minimum Gasteiger partial charge on any atom is -0.454 e. The number of halogens is 2. The summed E-state index contributed by atoms with van der Waals surface area (Å²) in [5.41, 5.74) is 6.83. The second-order valence-corrected chi connectivity index (χ2v) is 4.33. The third kappa shape index (κ3) is 3.08. The lowest BCUT2D eigenvalue weighted by molar-refractivity contribution is 0.0978. The van der Waals surface area contributed by atoms with E-state index in [4.69, 9.17) is 15.2 Å². The van der Waals surface area contributed by atoms with Crippen LogP contribution in [0, 0.1) is 0 Å². The minimum atomic E-state index is -2.35. The molecule has 1 aromatic carbocycles. The molecule has 0 bridgehead atoms. The van der Waals surface area contributed by atoms with Crippen molar-refractivity contribution >= 4 is 0 Å². The molecule has 0 aliphatic carbocycles. The number of nitrogens with two attached hydrogens (primary N) is 1. The summed E-state index contributed by atoms with van der Waals surface area (Å²) in [6.45, 7) is 0.293. The lowest BCUT2D eigenvalue weighted by Crippen LogP contribution is -2.32. The van der Waals surface area contributed by atoms with E-state index in [1.165, 1.54) is 4.90 Å². The molecule has 18 heavy (non-hydrogen) atoms. The van der Waals surface area contributed by atoms with E-state index < -0.39 is 6.43 Å². The molecule has 0 amide bonds. The van der Waals surface area contributed by atoms with Crippen LogP contribution in [0.3, 0.4) is 0 Å². The van der Waals surface area contributed by atoms with Gasteiger partial charge in [-0.25, -0.2) is 8.78 Å². The summed E-state index contributed by atoms with van der Waals surface area (Å²) >= 11 is 0. The highest BCUT2D eigenvalue weighted by molar-refractivity contribution is 5.45. The van der Waals surface area contributed by atoms with Gasteiger partial charge in [-0.05, 0) is 24.7 Å². The van der Waals surface area contributed by atoms with Crippen LogP contribution in [0.15, 0.2) is 18.2 Å². The van der Waals surface area contributed by atoms with Crippen molar-refractivity contribution < 1.29 is 18.3 Å². The largest absolute Gasteiger partial charge is 0.454 e. The first-order valence-electron chi connectivity index (χ1n) is 5.68. The van der Waals surface area contributed by atoms with Gasteiger partial charge in [-0.2, -0.15) is 0 Å². The van der Waals surface area contributed by atoms with Gasteiger partial charge >= 0.3 is 0 Å². The molecule has 1 heterocycles. The Kier molecular flexibility index (Phi) is 3.98. The van der Waals surface area contributed by atoms with E-state index >= 15 is 0 Å². The topological polar surface area (TPSA) is 47.7 Å². The Hall–Kier alpha value is -1.40. The molecule has 4 nitrogen and oxygen atoms in total. The SMILES string of the molecule is CN(CC(F)F)CC(N)c1ccc2c(c1)OCO2. The Morgan fingerprint density at radius 2 is 2.00 bits per heavy atom. The number of rotatable bonds is 5. The van der Waals surface area contributed by atoms with Crippen molar-refractivity contribution in [3.63, 3.8) is 0 Å². The van der Waals surface area contributed by atoms with Gasteiger partial charge in [-0.1, -0.05) is 6.07 Å². The molecular weight excluding hydrogens is 242 g/mol. The molecule has 1 unspecified atom stereocenters. The third-order valence-corrected chi connectivity index (χ3v) is 2.78. The maximum Gasteiger partial charge on any atom is 0.251 e. The standard InChI is InChI=1S/C12H16F2N2O2/c1-16(6-12(13)14)5-9(15)8-2-3-10-11(4-8)18-7-17-10/h2-4,9,12H,5-7,15H2,1H3. The average molecular weight is 258 g/mol.